The Hall–Kier alpha value is -2.48. The van der Waals surface area contributed by atoms with E-state index in [2.05, 4.69) is 63.0 Å². The number of likely N-dealkylation sites (tertiary alicyclic amines) is 1. The maximum atomic E-state index is 6.04. The zero-order valence-electron chi connectivity index (χ0n) is 22.8. The molecule has 1 atom stereocenters. The van der Waals surface area contributed by atoms with Gasteiger partial charge >= 0.3 is 0 Å². The molecule has 0 bridgehead atoms. The quantitative estimate of drug-likeness (QED) is 0.570. The highest BCUT2D eigenvalue weighted by atomic mass is 35.5. The number of amidine groups is 1. The lowest BCUT2D eigenvalue weighted by molar-refractivity contribution is 0.0612. The van der Waals surface area contributed by atoms with E-state index in [9.17, 15) is 0 Å². The predicted molar refractivity (Wildman–Crippen MR) is 156 cm³/mol. The van der Waals surface area contributed by atoms with Crippen molar-refractivity contribution in [2.24, 2.45) is 15.9 Å². The molecule has 200 valence electrons. The number of anilines is 1. The van der Waals surface area contributed by atoms with Gasteiger partial charge in [0.05, 0.1) is 29.2 Å². The molecule has 2 fully saturated rings. The third-order valence-corrected chi connectivity index (χ3v) is 7.94. The highest BCUT2D eigenvalue weighted by Gasteiger charge is 2.33. The van der Waals surface area contributed by atoms with Crippen LogP contribution in [-0.2, 0) is 6.54 Å². The van der Waals surface area contributed by atoms with Crippen molar-refractivity contribution in [2.45, 2.75) is 72.0 Å². The molecule has 0 amide bonds. The number of nitrogens with two attached hydrogens (primary N) is 1. The second-order valence-electron chi connectivity index (χ2n) is 10.00. The molecular weight excluding hydrogens is 482 g/mol. The van der Waals surface area contributed by atoms with Crippen molar-refractivity contribution < 1.29 is 0 Å². The second-order valence-corrected chi connectivity index (χ2v) is 10.4. The van der Waals surface area contributed by atoms with E-state index in [1.807, 2.05) is 26.0 Å². The molecule has 7 nitrogen and oxygen atoms in total. The van der Waals surface area contributed by atoms with Gasteiger partial charge in [0.25, 0.3) is 0 Å². The van der Waals surface area contributed by atoms with Gasteiger partial charge in [0.15, 0.2) is 0 Å². The minimum Gasteiger partial charge on any atom is -0.385 e. The number of aromatic nitrogens is 1. The van der Waals surface area contributed by atoms with Crippen LogP contribution in [0.15, 0.2) is 46.6 Å². The number of benzene rings is 1. The lowest BCUT2D eigenvalue weighted by atomic mass is 9.97. The first-order valence-corrected chi connectivity index (χ1v) is 14.2. The predicted octanol–water partition coefficient (Wildman–Crippen LogP) is 5.10. The van der Waals surface area contributed by atoms with E-state index in [4.69, 9.17) is 22.3 Å². The van der Waals surface area contributed by atoms with Gasteiger partial charge in [0.2, 0.25) is 0 Å². The van der Waals surface area contributed by atoms with Gasteiger partial charge in [-0.2, -0.15) is 5.10 Å². The van der Waals surface area contributed by atoms with Crippen LogP contribution in [0, 0.1) is 6.92 Å². The Bertz CT molecular complexity index is 1090. The van der Waals surface area contributed by atoms with E-state index >= 15 is 0 Å². The molecule has 2 aromatic rings. The van der Waals surface area contributed by atoms with Gasteiger partial charge in [-0.25, -0.2) is 4.98 Å². The number of rotatable bonds is 6. The largest absolute Gasteiger partial charge is 0.385 e. The fourth-order valence-electron chi connectivity index (χ4n) is 5.75. The van der Waals surface area contributed by atoms with Crippen molar-refractivity contribution >= 4 is 28.8 Å². The summed E-state index contributed by atoms with van der Waals surface area (Å²) in [6.07, 6.45) is 4.24. The maximum absolute atomic E-state index is 6.04. The van der Waals surface area contributed by atoms with Gasteiger partial charge in [-0.05, 0) is 69.1 Å². The average molecular weight is 524 g/mol. The van der Waals surface area contributed by atoms with Crippen molar-refractivity contribution in [2.75, 3.05) is 37.6 Å². The summed E-state index contributed by atoms with van der Waals surface area (Å²) in [4.78, 5) is 12.7. The molecule has 4 heterocycles. The fourth-order valence-corrected chi connectivity index (χ4v) is 5.87. The van der Waals surface area contributed by atoms with Crippen LogP contribution in [0.1, 0.15) is 63.4 Å². The Balaban J connectivity index is 0.00000156. The highest BCUT2D eigenvalue weighted by molar-refractivity contribution is 6.30. The summed E-state index contributed by atoms with van der Waals surface area (Å²) >= 11 is 6.04. The molecular formula is C29H42ClN7. The van der Waals surface area contributed by atoms with Crippen LogP contribution in [0.3, 0.4) is 0 Å². The Kier molecular flexibility index (Phi) is 9.57. The SMILES string of the molecule is CC.CCC1CN(c2ccc(C3=NN=C(N)C3)nc2C)CCN1C1CCN(Cc2ccc(Cl)cc2)CC1. The van der Waals surface area contributed by atoms with Crippen LogP contribution in [0.25, 0.3) is 0 Å². The molecule has 1 aromatic carbocycles. The Morgan fingerprint density at radius 1 is 0.973 bits per heavy atom. The minimum atomic E-state index is 0.557. The standard InChI is InChI=1S/C27H36ClN7.C2H6/c1-3-22-18-34(26-9-8-24(30-19(26)2)25-16-27(29)32-31-25)14-15-35(22)23-10-12-33(13-11-23)17-20-4-6-21(28)7-5-20;1-2/h4-9,22-23H,3,10-18H2,1-2H3,(H2,29,32);1-2H3. The first kappa shape index (κ1) is 27.6. The van der Waals surface area contributed by atoms with Crippen molar-refractivity contribution in [3.8, 4) is 0 Å². The van der Waals surface area contributed by atoms with Crippen LogP contribution < -0.4 is 10.6 Å². The van der Waals surface area contributed by atoms with Crippen molar-refractivity contribution in [3.05, 3.63) is 58.4 Å². The van der Waals surface area contributed by atoms with Gasteiger partial charge in [0, 0.05) is 43.3 Å². The van der Waals surface area contributed by atoms with Gasteiger partial charge in [-0.3, -0.25) is 9.80 Å². The molecule has 2 N–H and O–H groups in total. The van der Waals surface area contributed by atoms with Gasteiger partial charge in [0.1, 0.15) is 5.84 Å². The first-order valence-electron chi connectivity index (χ1n) is 13.8. The van der Waals surface area contributed by atoms with Crippen LogP contribution >= 0.6 is 11.6 Å². The minimum absolute atomic E-state index is 0.557. The number of piperazine rings is 1. The van der Waals surface area contributed by atoms with Crippen LogP contribution in [0.2, 0.25) is 5.02 Å². The third-order valence-electron chi connectivity index (χ3n) is 7.69. The molecule has 5 rings (SSSR count). The number of hydrogen-bond donors (Lipinski definition) is 1. The summed E-state index contributed by atoms with van der Waals surface area (Å²) < 4.78 is 0. The highest BCUT2D eigenvalue weighted by Crippen LogP contribution is 2.28. The van der Waals surface area contributed by atoms with Crippen LogP contribution in [0.5, 0.6) is 0 Å². The smallest absolute Gasteiger partial charge is 0.128 e. The number of piperidine rings is 1. The van der Waals surface area contributed by atoms with E-state index in [1.165, 1.54) is 30.5 Å². The molecule has 0 saturated carbocycles. The molecule has 1 aromatic heterocycles. The van der Waals surface area contributed by atoms with Crippen molar-refractivity contribution in [3.63, 3.8) is 0 Å². The van der Waals surface area contributed by atoms with Crippen LogP contribution in [-0.4, -0.2) is 71.1 Å². The second kappa shape index (κ2) is 12.9. The molecule has 0 radical (unpaired) electrons. The average Bonchev–Trinajstić information content (AvgIpc) is 3.37. The van der Waals surface area contributed by atoms with E-state index in [1.54, 1.807) is 0 Å². The third kappa shape index (κ3) is 6.70. The van der Waals surface area contributed by atoms with Gasteiger partial charge in [-0.15, -0.1) is 5.10 Å². The first-order chi connectivity index (χ1) is 18.0. The zero-order valence-corrected chi connectivity index (χ0v) is 23.6. The summed E-state index contributed by atoms with van der Waals surface area (Å²) in [5.41, 5.74) is 11.2. The number of nitrogens with zero attached hydrogens (tertiary/aromatic N) is 6. The molecule has 3 aliphatic rings. The lowest BCUT2D eigenvalue weighted by Crippen LogP contribution is -2.58. The van der Waals surface area contributed by atoms with Gasteiger partial charge in [-0.1, -0.05) is 44.5 Å². The van der Waals surface area contributed by atoms with E-state index in [0.29, 0.717) is 24.3 Å². The molecule has 1 unspecified atom stereocenters. The number of halogens is 1. The summed E-state index contributed by atoms with van der Waals surface area (Å²) in [5, 5.41) is 8.94. The number of aryl methyl sites for hydroxylation is 1. The zero-order chi connectivity index (χ0) is 26.4. The fraction of sp³-hybridized carbons (Fsp3) is 0.552. The summed E-state index contributed by atoms with van der Waals surface area (Å²) in [6, 6.07) is 13.8. The lowest BCUT2D eigenvalue weighted by Gasteiger charge is -2.48. The molecule has 0 aliphatic carbocycles. The number of hydrogen-bond acceptors (Lipinski definition) is 7. The van der Waals surface area contributed by atoms with Crippen LogP contribution in [0.4, 0.5) is 5.69 Å². The summed E-state index contributed by atoms with van der Waals surface area (Å²) in [7, 11) is 0. The maximum Gasteiger partial charge on any atom is 0.128 e. The molecule has 2 saturated heterocycles. The molecule has 0 spiro atoms. The topological polar surface area (TPSA) is 73.3 Å². The Morgan fingerprint density at radius 3 is 2.32 bits per heavy atom. The van der Waals surface area contributed by atoms with Crippen molar-refractivity contribution in [1.29, 1.82) is 0 Å². The Morgan fingerprint density at radius 2 is 1.70 bits per heavy atom. The van der Waals surface area contributed by atoms with E-state index in [-0.39, 0.29) is 0 Å². The normalized spacial score (nSPS) is 21.3. The summed E-state index contributed by atoms with van der Waals surface area (Å²) in [5.74, 6) is 0.557. The Labute approximate surface area is 227 Å². The van der Waals surface area contributed by atoms with E-state index in [0.717, 1.165) is 61.4 Å². The molecule has 37 heavy (non-hydrogen) atoms. The monoisotopic (exact) mass is 523 g/mol. The van der Waals surface area contributed by atoms with Gasteiger partial charge < -0.3 is 10.6 Å². The van der Waals surface area contributed by atoms with Crippen molar-refractivity contribution in [1.82, 2.24) is 14.8 Å². The number of pyridine rings is 1. The molecule has 3 aliphatic heterocycles. The van der Waals surface area contributed by atoms with E-state index < -0.39 is 0 Å². The summed E-state index contributed by atoms with van der Waals surface area (Å²) in [6.45, 7) is 15.0. The molecule has 8 heteroatoms.